The van der Waals surface area contributed by atoms with Crippen LogP contribution in [0.1, 0.15) is 23.6 Å². The highest BCUT2D eigenvalue weighted by Crippen LogP contribution is 2.33. The van der Waals surface area contributed by atoms with Crippen molar-refractivity contribution in [2.45, 2.75) is 13.5 Å². The van der Waals surface area contributed by atoms with E-state index < -0.39 is 4.92 Å². The lowest BCUT2D eigenvalue weighted by Crippen LogP contribution is -2.24. The molecule has 1 heterocycles. The first-order valence-electron chi connectivity index (χ1n) is 11.0. The van der Waals surface area contributed by atoms with Gasteiger partial charge in [0, 0.05) is 35.1 Å². The third-order valence-corrected chi connectivity index (χ3v) is 5.31. The number of carbonyl (C=O) groups is 1. The van der Waals surface area contributed by atoms with Gasteiger partial charge >= 0.3 is 5.97 Å². The van der Waals surface area contributed by atoms with Gasteiger partial charge in [-0.3, -0.25) is 14.9 Å². The van der Waals surface area contributed by atoms with E-state index in [4.69, 9.17) is 9.73 Å². The fourth-order valence-electron chi connectivity index (χ4n) is 3.77. The Hall–Kier alpha value is -4.50. The zero-order valence-electron chi connectivity index (χ0n) is 19.0. The zero-order valence-corrected chi connectivity index (χ0v) is 19.0. The second kappa shape index (κ2) is 10.6. The summed E-state index contributed by atoms with van der Waals surface area (Å²) in [4.78, 5) is 30.2. The molecule has 178 valence electrons. The number of H-pyrrole nitrogens is 1. The van der Waals surface area contributed by atoms with Crippen LogP contribution in [0.15, 0.2) is 77.8 Å². The Morgan fingerprint density at radius 3 is 2.66 bits per heavy atom. The molecule has 0 aliphatic rings. The van der Waals surface area contributed by atoms with Crippen molar-refractivity contribution in [3.63, 3.8) is 0 Å². The van der Waals surface area contributed by atoms with Gasteiger partial charge in [-0.05, 0) is 30.7 Å². The second-order valence-electron chi connectivity index (χ2n) is 7.74. The Morgan fingerprint density at radius 2 is 1.91 bits per heavy atom. The topological polar surface area (TPSA) is 130 Å². The Bertz CT molecular complexity index is 1400. The van der Waals surface area contributed by atoms with Gasteiger partial charge in [0.25, 0.3) is 5.69 Å². The number of benzene rings is 3. The van der Waals surface area contributed by atoms with E-state index in [-0.39, 0.29) is 24.1 Å². The molecule has 0 bridgehead atoms. The molecule has 35 heavy (non-hydrogen) atoms. The Labute approximate surface area is 201 Å². The molecule has 0 unspecified atom stereocenters. The Morgan fingerprint density at radius 1 is 1.11 bits per heavy atom. The number of ether oxygens (including phenoxy) is 1. The number of nitrogens with zero attached hydrogens (tertiary/aromatic N) is 2. The van der Waals surface area contributed by atoms with E-state index in [0.717, 1.165) is 11.1 Å². The molecule has 1 aromatic heterocycles. The summed E-state index contributed by atoms with van der Waals surface area (Å²) in [6, 6.07) is 21.1. The highest BCUT2D eigenvalue weighted by atomic mass is 16.6. The fraction of sp³-hybridized carbons (Fsp3) is 0.154. The van der Waals surface area contributed by atoms with Gasteiger partial charge in [0.1, 0.15) is 0 Å². The van der Waals surface area contributed by atoms with Crippen LogP contribution in [0, 0.1) is 10.1 Å². The highest BCUT2D eigenvalue weighted by Gasteiger charge is 2.21. The van der Waals surface area contributed by atoms with Crippen molar-refractivity contribution in [3.05, 3.63) is 99.6 Å². The summed E-state index contributed by atoms with van der Waals surface area (Å²) in [5.74, 6) is -0.452. The average Bonchev–Trinajstić information content (AvgIpc) is 3.18. The Kier molecular flexibility index (Phi) is 7.18. The molecule has 0 atom stereocenters. The SMILES string of the molecule is CCOC(=O)CNCc1cccc(N=C(c2ccccc2)c2c(O)[nH]c3ccc([N+](=O)[O-])cc23)c1. The van der Waals surface area contributed by atoms with Crippen molar-refractivity contribution >= 4 is 34.0 Å². The van der Waals surface area contributed by atoms with Crippen molar-refractivity contribution in [3.8, 4) is 5.88 Å². The van der Waals surface area contributed by atoms with Crippen molar-refractivity contribution in [2.75, 3.05) is 13.2 Å². The van der Waals surface area contributed by atoms with Crippen LogP contribution in [0.2, 0.25) is 0 Å². The summed E-state index contributed by atoms with van der Waals surface area (Å²) in [6.07, 6.45) is 0. The van der Waals surface area contributed by atoms with E-state index in [1.54, 1.807) is 13.0 Å². The number of aromatic hydroxyl groups is 1. The maximum absolute atomic E-state index is 11.6. The van der Waals surface area contributed by atoms with Crippen LogP contribution in [0.5, 0.6) is 5.88 Å². The number of aromatic nitrogens is 1. The number of aromatic amines is 1. The predicted molar refractivity (Wildman–Crippen MR) is 133 cm³/mol. The highest BCUT2D eigenvalue weighted by molar-refractivity contribution is 6.22. The first-order valence-corrected chi connectivity index (χ1v) is 11.0. The number of hydrogen-bond donors (Lipinski definition) is 3. The minimum Gasteiger partial charge on any atom is -0.494 e. The number of rotatable bonds is 9. The molecule has 0 fully saturated rings. The minimum absolute atomic E-state index is 0.0835. The van der Waals surface area contributed by atoms with Gasteiger partial charge in [-0.15, -0.1) is 0 Å². The van der Waals surface area contributed by atoms with Crippen LogP contribution in [0.4, 0.5) is 11.4 Å². The van der Waals surface area contributed by atoms with Crippen molar-refractivity contribution < 1.29 is 19.6 Å². The number of nitro groups is 1. The second-order valence-corrected chi connectivity index (χ2v) is 7.74. The van der Waals surface area contributed by atoms with E-state index in [9.17, 15) is 20.0 Å². The number of esters is 1. The van der Waals surface area contributed by atoms with E-state index in [2.05, 4.69) is 10.3 Å². The number of nitro benzene ring substituents is 1. The summed E-state index contributed by atoms with van der Waals surface area (Å²) in [7, 11) is 0. The van der Waals surface area contributed by atoms with Crippen LogP contribution in [0.25, 0.3) is 10.9 Å². The average molecular weight is 473 g/mol. The monoisotopic (exact) mass is 472 g/mol. The molecule has 9 heteroatoms. The number of aliphatic imine (C=N–C) groups is 1. The molecule has 0 aliphatic carbocycles. The molecule has 0 saturated carbocycles. The molecule has 0 spiro atoms. The maximum atomic E-state index is 11.6. The van der Waals surface area contributed by atoms with Crippen LogP contribution in [-0.2, 0) is 16.1 Å². The molecule has 0 saturated heterocycles. The number of fused-ring (bicyclic) bond motifs is 1. The first kappa shape index (κ1) is 23.7. The van der Waals surface area contributed by atoms with Gasteiger partial charge < -0.3 is 20.1 Å². The van der Waals surface area contributed by atoms with E-state index in [1.165, 1.54) is 12.1 Å². The van der Waals surface area contributed by atoms with Gasteiger partial charge in [0.2, 0.25) is 0 Å². The van der Waals surface area contributed by atoms with Crippen LogP contribution in [0.3, 0.4) is 0 Å². The molecular weight excluding hydrogens is 448 g/mol. The maximum Gasteiger partial charge on any atom is 0.319 e. The van der Waals surface area contributed by atoms with Crippen molar-refractivity contribution in [2.24, 2.45) is 4.99 Å². The number of nitrogens with one attached hydrogen (secondary N) is 2. The molecule has 9 nitrogen and oxygen atoms in total. The van der Waals surface area contributed by atoms with Gasteiger partial charge in [-0.25, -0.2) is 4.99 Å². The fourth-order valence-corrected chi connectivity index (χ4v) is 3.77. The first-order chi connectivity index (χ1) is 17.0. The predicted octanol–water partition coefficient (Wildman–Crippen LogP) is 4.60. The van der Waals surface area contributed by atoms with Gasteiger partial charge in [0.15, 0.2) is 5.88 Å². The van der Waals surface area contributed by atoms with E-state index in [1.807, 2.05) is 54.6 Å². The lowest BCUT2D eigenvalue weighted by Gasteiger charge is -2.09. The van der Waals surface area contributed by atoms with Crippen LogP contribution in [-0.4, -0.2) is 39.8 Å². The summed E-state index contributed by atoms with van der Waals surface area (Å²) in [5, 5.41) is 25.7. The van der Waals surface area contributed by atoms with Crippen LogP contribution < -0.4 is 5.32 Å². The van der Waals surface area contributed by atoms with Crippen LogP contribution >= 0.6 is 0 Å². The number of carbonyl (C=O) groups excluding carboxylic acids is 1. The summed E-state index contributed by atoms with van der Waals surface area (Å²) >= 11 is 0. The molecule has 0 radical (unpaired) electrons. The largest absolute Gasteiger partial charge is 0.494 e. The lowest BCUT2D eigenvalue weighted by atomic mass is 10.0. The van der Waals surface area contributed by atoms with E-state index in [0.29, 0.717) is 41.0 Å². The summed E-state index contributed by atoms with van der Waals surface area (Å²) < 4.78 is 4.92. The van der Waals surface area contributed by atoms with E-state index >= 15 is 0 Å². The quantitative estimate of drug-likeness (QED) is 0.141. The van der Waals surface area contributed by atoms with Crippen molar-refractivity contribution in [1.29, 1.82) is 0 Å². The van der Waals surface area contributed by atoms with Gasteiger partial charge in [-0.2, -0.15) is 0 Å². The molecule has 3 N–H and O–H groups in total. The smallest absolute Gasteiger partial charge is 0.319 e. The third-order valence-electron chi connectivity index (χ3n) is 5.31. The summed E-state index contributed by atoms with van der Waals surface area (Å²) in [5.41, 5.74) is 3.58. The lowest BCUT2D eigenvalue weighted by molar-refractivity contribution is -0.384. The Balaban J connectivity index is 1.75. The standard InChI is InChI=1S/C26H24N4O5/c1-2-35-23(31)16-27-15-17-7-6-10-19(13-17)28-25(18-8-4-3-5-9-18)24-21-14-20(30(33)34)11-12-22(21)29-26(24)32/h3-14,27,29,32H,2,15-16H2,1H3. The zero-order chi connectivity index (χ0) is 24.8. The molecule has 0 amide bonds. The minimum atomic E-state index is -0.473. The molecule has 4 aromatic rings. The molecule has 4 rings (SSSR count). The van der Waals surface area contributed by atoms with Crippen molar-refractivity contribution in [1.82, 2.24) is 10.3 Å². The molecular formula is C26H24N4O5. The van der Waals surface area contributed by atoms with Gasteiger partial charge in [0.05, 0.1) is 35.0 Å². The van der Waals surface area contributed by atoms with Gasteiger partial charge in [-0.1, -0.05) is 42.5 Å². The molecule has 3 aromatic carbocycles. The third kappa shape index (κ3) is 5.53. The number of non-ortho nitro benzene ring substituents is 1. The molecule has 0 aliphatic heterocycles. The number of hydrogen-bond acceptors (Lipinski definition) is 7. The normalized spacial score (nSPS) is 11.5. The summed E-state index contributed by atoms with van der Waals surface area (Å²) in [6.45, 7) is 2.62.